The van der Waals surface area contributed by atoms with E-state index in [9.17, 15) is 4.79 Å². The van der Waals surface area contributed by atoms with Gasteiger partial charge < -0.3 is 10.6 Å². The minimum Gasteiger partial charge on any atom is -0.352 e. The van der Waals surface area contributed by atoms with Crippen molar-refractivity contribution in [3.05, 3.63) is 0 Å². The van der Waals surface area contributed by atoms with Crippen LogP contribution in [0.3, 0.4) is 0 Å². The molecule has 3 nitrogen and oxygen atoms in total. The second kappa shape index (κ2) is 3.90. The highest BCUT2D eigenvalue weighted by Gasteiger charge is 2.24. The van der Waals surface area contributed by atoms with Crippen molar-refractivity contribution in [3.8, 4) is 0 Å². The number of hydrogen-bond acceptors (Lipinski definition) is 2. The smallest absolute Gasteiger partial charge is 0.222 e. The minimum absolute atomic E-state index is 0.0952. The molecule has 0 radical (unpaired) electrons. The third kappa shape index (κ3) is 2.21. The van der Waals surface area contributed by atoms with Crippen LogP contribution in [0.1, 0.15) is 20.8 Å². The van der Waals surface area contributed by atoms with E-state index < -0.39 is 0 Å². The van der Waals surface area contributed by atoms with Crippen LogP contribution in [0.25, 0.3) is 0 Å². The van der Waals surface area contributed by atoms with Crippen molar-refractivity contribution in [3.63, 3.8) is 0 Å². The number of amides is 1. The number of carbonyl (C=O) groups is 1. The van der Waals surface area contributed by atoms with Gasteiger partial charge in [-0.3, -0.25) is 4.79 Å². The highest BCUT2D eigenvalue weighted by Crippen LogP contribution is 2.07. The van der Waals surface area contributed by atoms with Crippen LogP contribution in [0.2, 0.25) is 0 Å². The molecule has 0 aliphatic carbocycles. The SMILES string of the molecule is CC(C)C(=O)NC1CNCC1C. The average Bonchev–Trinajstić information content (AvgIpc) is 2.36. The van der Waals surface area contributed by atoms with Crippen molar-refractivity contribution in [1.82, 2.24) is 10.6 Å². The lowest BCUT2D eigenvalue weighted by molar-refractivity contribution is -0.124. The fourth-order valence-electron chi connectivity index (χ4n) is 1.35. The fourth-order valence-corrected chi connectivity index (χ4v) is 1.35. The Morgan fingerprint density at radius 2 is 2.17 bits per heavy atom. The van der Waals surface area contributed by atoms with Gasteiger partial charge in [0.1, 0.15) is 0 Å². The first kappa shape index (κ1) is 9.52. The van der Waals surface area contributed by atoms with Crippen LogP contribution in [0.5, 0.6) is 0 Å². The topological polar surface area (TPSA) is 41.1 Å². The molecule has 0 aromatic heterocycles. The summed E-state index contributed by atoms with van der Waals surface area (Å²) in [7, 11) is 0. The Kier molecular flexibility index (Phi) is 3.09. The molecule has 2 unspecified atom stereocenters. The molecular formula is C9H18N2O. The molecule has 2 N–H and O–H groups in total. The average molecular weight is 170 g/mol. The summed E-state index contributed by atoms with van der Waals surface area (Å²) in [6.07, 6.45) is 0. The maximum absolute atomic E-state index is 11.3. The molecule has 0 saturated carbocycles. The molecule has 12 heavy (non-hydrogen) atoms. The van der Waals surface area contributed by atoms with E-state index in [1.54, 1.807) is 0 Å². The molecule has 1 fully saturated rings. The molecule has 1 saturated heterocycles. The van der Waals surface area contributed by atoms with Gasteiger partial charge in [-0.1, -0.05) is 20.8 Å². The van der Waals surface area contributed by atoms with Gasteiger partial charge in [-0.2, -0.15) is 0 Å². The van der Waals surface area contributed by atoms with E-state index >= 15 is 0 Å². The van der Waals surface area contributed by atoms with Crippen molar-refractivity contribution >= 4 is 5.91 Å². The summed E-state index contributed by atoms with van der Waals surface area (Å²) < 4.78 is 0. The first-order valence-electron chi connectivity index (χ1n) is 4.62. The van der Waals surface area contributed by atoms with Crippen molar-refractivity contribution in [2.24, 2.45) is 11.8 Å². The molecular weight excluding hydrogens is 152 g/mol. The van der Waals surface area contributed by atoms with Gasteiger partial charge in [0.15, 0.2) is 0 Å². The van der Waals surface area contributed by atoms with Gasteiger partial charge in [0.2, 0.25) is 5.91 Å². The lowest BCUT2D eigenvalue weighted by Crippen LogP contribution is -2.41. The second-order valence-corrected chi connectivity index (χ2v) is 3.91. The Labute approximate surface area is 73.9 Å². The van der Waals surface area contributed by atoms with E-state index in [1.807, 2.05) is 13.8 Å². The van der Waals surface area contributed by atoms with Gasteiger partial charge in [-0.15, -0.1) is 0 Å². The van der Waals surface area contributed by atoms with Gasteiger partial charge in [0.05, 0.1) is 0 Å². The molecule has 70 valence electrons. The van der Waals surface area contributed by atoms with Crippen LogP contribution < -0.4 is 10.6 Å². The zero-order valence-electron chi connectivity index (χ0n) is 8.05. The Morgan fingerprint density at radius 1 is 1.50 bits per heavy atom. The van der Waals surface area contributed by atoms with Gasteiger partial charge in [0, 0.05) is 18.5 Å². The van der Waals surface area contributed by atoms with Gasteiger partial charge in [-0.05, 0) is 12.5 Å². The zero-order chi connectivity index (χ0) is 9.14. The second-order valence-electron chi connectivity index (χ2n) is 3.91. The first-order valence-corrected chi connectivity index (χ1v) is 4.62. The van der Waals surface area contributed by atoms with Crippen molar-refractivity contribution in [2.45, 2.75) is 26.8 Å². The predicted molar refractivity (Wildman–Crippen MR) is 48.8 cm³/mol. The lowest BCUT2D eigenvalue weighted by Gasteiger charge is -2.17. The quantitative estimate of drug-likeness (QED) is 0.628. The van der Waals surface area contributed by atoms with Gasteiger partial charge in [-0.25, -0.2) is 0 Å². The number of hydrogen-bond donors (Lipinski definition) is 2. The molecule has 0 aromatic rings. The van der Waals surface area contributed by atoms with Crippen LogP contribution in [0.15, 0.2) is 0 Å². The summed E-state index contributed by atoms with van der Waals surface area (Å²) in [6.45, 7) is 7.93. The number of carbonyl (C=O) groups excluding carboxylic acids is 1. The van der Waals surface area contributed by atoms with E-state index in [2.05, 4.69) is 17.6 Å². The molecule has 2 atom stereocenters. The molecule has 0 aromatic carbocycles. The first-order chi connectivity index (χ1) is 5.61. The summed E-state index contributed by atoms with van der Waals surface area (Å²) in [5.74, 6) is 0.820. The molecule has 3 heteroatoms. The van der Waals surface area contributed by atoms with Crippen LogP contribution in [0, 0.1) is 11.8 Å². The summed E-state index contributed by atoms with van der Waals surface area (Å²) in [6, 6.07) is 0.333. The maximum atomic E-state index is 11.3. The standard InChI is InChI=1S/C9H18N2O/c1-6(2)9(12)11-8-5-10-4-7(8)3/h6-8,10H,4-5H2,1-3H3,(H,11,12). The lowest BCUT2D eigenvalue weighted by atomic mass is 10.1. The summed E-state index contributed by atoms with van der Waals surface area (Å²) >= 11 is 0. The van der Waals surface area contributed by atoms with Crippen molar-refractivity contribution in [1.29, 1.82) is 0 Å². The van der Waals surface area contributed by atoms with E-state index in [-0.39, 0.29) is 11.8 Å². The molecule has 1 aliphatic rings. The molecule has 0 bridgehead atoms. The van der Waals surface area contributed by atoms with Crippen LogP contribution >= 0.6 is 0 Å². The number of nitrogens with one attached hydrogen (secondary N) is 2. The minimum atomic E-state index is 0.0952. The van der Waals surface area contributed by atoms with Crippen LogP contribution in [-0.2, 0) is 4.79 Å². The zero-order valence-corrected chi connectivity index (χ0v) is 8.05. The number of rotatable bonds is 2. The normalized spacial score (nSPS) is 29.3. The largest absolute Gasteiger partial charge is 0.352 e. The Hall–Kier alpha value is -0.570. The third-order valence-corrected chi connectivity index (χ3v) is 2.37. The van der Waals surface area contributed by atoms with Gasteiger partial charge in [0.25, 0.3) is 0 Å². The molecule has 1 heterocycles. The summed E-state index contributed by atoms with van der Waals surface area (Å²) in [5.41, 5.74) is 0. The van der Waals surface area contributed by atoms with Crippen LogP contribution in [0.4, 0.5) is 0 Å². The Morgan fingerprint density at radius 3 is 2.58 bits per heavy atom. The van der Waals surface area contributed by atoms with Crippen molar-refractivity contribution in [2.75, 3.05) is 13.1 Å². The Balaban J connectivity index is 2.35. The highest BCUT2D eigenvalue weighted by atomic mass is 16.1. The molecule has 1 amide bonds. The maximum Gasteiger partial charge on any atom is 0.222 e. The van der Waals surface area contributed by atoms with E-state index in [0.29, 0.717) is 12.0 Å². The third-order valence-electron chi connectivity index (χ3n) is 2.37. The van der Waals surface area contributed by atoms with Crippen molar-refractivity contribution < 1.29 is 4.79 Å². The predicted octanol–water partition coefficient (Wildman–Crippen LogP) is 0.366. The molecule has 1 rings (SSSR count). The van der Waals surface area contributed by atoms with Gasteiger partial charge >= 0.3 is 0 Å². The fraction of sp³-hybridized carbons (Fsp3) is 0.889. The summed E-state index contributed by atoms with van der Waals surface area (Å²) in [5, 5.41) is 6.28. The van der Waals surface area contributed by atoms with E-state index in [1.165, 1.54) is 0 Å². The van der Waals surface area contributed by atoms with Crippen LogP contribution in [-0.4, -0.2) is 25.0 Å². The Bertz CT molecular complexity index is 168. The highest BCUT2D eigenvalue weighted by molar-refractivity contribution is 5.78. The van der Waals surface area contributed by atoms with E-state index in [0.717, 1.165) is 13.1 Å². The van der Waals surface area contributed by atoms with E-state index in [4.69, 9.17) is 0 Å². The monoisotopic (exact) mass is 170 g/mol. The summed E-state index contributed by atoms with van der Waals surface area (Å²) in [4.78, 5) is 11.3. The molecule has 1 aliphatic heterocycles. The molecule has 0 spiro atoms.